The number of carbonyl (C=O) groups is 1. The Morgan fingerprint density at radius 3 is 2.90 bits per heavy atom. The topological polar surface area (TPSA) is 102 Å². The number of nitro benzene ring substituents is 1. The molecule has 1 aromatic rings. The van der Waals surface area contributed by atoms with Gasteiger partial charge in [-0.3, -0.25) is 10.1 Å². The summed E-state index contributed by atoms with van der Waals surface area (Å²) in [6.45, 7) is 3.28. The van der Waals surface area contributed by atoms with Crippen LogP contribution in [0.2, 0.25) is 0 Å². The van der Waals surface area contributed by atoms with Crippen LogP contribution in [-0.4, -0.2) is 35.3 Å². The molecule has 7 heteroatoms. The number of nitrogens with zero attached hydrogens (tertiary/aromatic N) is 1. The first-order valence-corrected chi connectivity index (χ1v) is 6.35. The highest BCUT2D eigenvalue weighted by atomic mass is 16.6. The van der Waals surface area contributed by atoms with E-state index in [0.717, 1.165) is 12.5 Å². The molecule has 0 aromatic heterocycles. The number of benzene rings is 1. The third-order valence-corrected chi connectivity index (χ3v) is 3.50. The van der Waals surface area contributed by atoms with Crippen LogP contribution >= 0.6 is 0 Å². The van der Waals surface area contributed by atoms with E-state index in [1.54, 1.807) is 0 Å². The smallest absolute Gasteiger partial charge is 0.335 e. The van der Waals surface area contributed by atoms with Gasteiger partial charge < -0.3 is 15.2 Å². The van der Waals surface area contributed by atoms with E-state index >= 15 is 0 Å². The standard InChI is InChI=1S/C13H16N2O5/c1-8(10-4-5-20-7-10)14-11-3-2-9(13(16)17)6-12(11)15(18)19/h2-3,6,8,10,14H,4-5,7H2,1H3,(H,16,17). The van der Waals surface area contributed by atoms with Crippen LogP contribution in [0.1, 0.15) is 23.7 Å². The molecule has 0 radical (unpaired) electrons. The van der Waals surface area contributed by atoms with E-state index in [2.05, 4.69) is 5.32 Å². The molecule has 2 unspecified atom stereocenters. The van der Waals surface area contributed by atoms with Crippen molar-refractivity contribution in [3.05, 3.63) is 33.9 Å². The molecule has 2 atom stereocenters. The average molecular weight is 280 g/mol. The number of aromatic carboxylic acids is 1. The van der Waals surface area contributed by atoms with Crippen LogP contribution < -0.4 is 5.32 Å². The molecule has 0 amide bonds. The lowest BCUT2D eigenvalue weighted by Crippen LogP contribution is -2.26. The maximum Gasteiger partial charge on any atom is 0.335 e. The molecular weight excluding hydrogens is 264 g/mol. The number of ether oxygens (including phenoxy) is 1. The minimum atomic E-state index is -1.18. The van der Waals surface area contributed by atoms with Crippen molar-refractivity contribution < 1.29 is 19.6 Å². The lowest BCUT2D eigenvalue weighted by Gasteiger charge is -2.20. The largest absolute Gasteiger partial charge is 0.478 e. The first kappa shape index (κ1) is 14.3. The van der Waals surface area contributed by atoms with Gasteiger partial charge in [-0.2, -0.15) is 0 Å². The molecule has 1 aromatic carbocycles. The van der Waals surface area contributed by atoms with Gasteiger partial charge >= 0.3 is 5.97 Å². The molecule has 2 rings (SSSR count). The second-order valence-corrected chi connectivity index (χ2v) is 4.85. The molecule has 1 saturated heterocycles. The van der Waals surface area contributed by atoms with Crippen molar-refractivity contribution in [2.24, 2.45) is 5.92 Å². The van der Waals surface area contributed by atoms with Crippen LogP contribution in [0.5, 0.6) is 0 Å². The second-order valence-electron chi connectivity index (χ2n) is 4.85. The molecule has 1 aliphatic heterocycles. The number of anilines is 1. The van der Waals surface area contributed by atoms with E-state index in [1.807, 2.05) is 6.92 Å². The first-order chi connectivity index (χ1) is 9.49. The molecule has 1 aliphatic rings. The van der Waals surface area contributed by atoms with Gasteiger partial charge in [0.25, 0.3) is 5.69 Å². The number of nitro groups is 1. The molecule has 7 nitrogen and oxygen atoms in total. The van der Waals surface area contributed by atoms with Gasteiger partial charge in [0.05, 0.1) is 17.1 Å². The minimum absolute atomic E-state index is 0.0203. The summed E-state index contributed by atoms with van der Waals surface area (Å²) in [7, 11) is 0. The molecule has 1 heterocycles. The Morgan fingerprint density at radius 1 is 1.60 bits per heavy atom. The van der Waals surface area contributed by atoms with Crippen LogP contribution in [0.25, 0.3) is 0 Å². The van der Waals surface area contributed by atoms with E-state index in [1.165, 1.54) is 12.1 Å². The van der Waals surface area contributed by atoms with Crippen molar-refractivity contribution in [2.75, 3.05) is 18.5 Å². The Morgan fingerprint density at radius 2 is 2.35 bits per heavy atom. The number of carboxylic acid groups (broad SMARTS) is 1. The summed E-state index contributed by atoms with van der Waals surface area (Å²) in [5.41, 5.74) is 0.00849. The fraction of sp³-hybridized carbons (Fsp3) is 0.462. The Labute approximate surface area is 115 Å². The number of rotatable bonds is 5. The molecule has 1 fully saturated rings. The van der Waals surface area contributed by atoms with Crippen molar-refractivity contribution >= 4 is 17.3 Å². The van der Waals surface area contributed by atoms with Crippen LogP contribution in [0.15, 0.2) is 18.2 Å². The molecule has 0 aliphatic carbocycles. The van der Waals surface area contributed by atoms with Crippen LogP contribution in [-0.2, 0) is 4.74 Å². The maximum absolute atomic E-state index is 11.0. The summed E-state index contributed by atoms with van der Waals surface area (Å²) in [6, 6.07) is 3.89. The third kappa shape index (κ3) is 3.05. The van der Waals surface area contributed by atoms with Crippen molar-refractivity contribution in [3.63, 3.8) is 0 Å². The number of carboxylic acids is 1. The number of hydrogen-bond acceptors (Lipinski definition) is 5. The SMILES string of the molecule is CC(Nc1ccc(C(=O)O)cc1[N+](=O)[O-])C1CCOC1. The molecule has 108 valence electrons. The van der Waals surface area contributed by atoms with Gasteiger partial charge in [0.1, 0.15) is 5.69 Å². The lowest BCUT2D eigenvalue weighted by atomic mass is 10.00. The number of hydrogen-bond donors (Lipinski definition) is 2. The van der Waals surface area contributed by atoms with E-state index in [4.69, 9.17) is 9.84 Å². The summed E-state index contributed by atoms with van der Waals surface area (Å²) >= 11 is 0. The van der Waals surface area contributed by atoms with E-state index < -0.39 is 10.9 Å². The number of nitrogens with one attached hydrogen (secondary N) is 1. The van der Waals surface area contributed by atoms with Crippen molar-refractivity contribution in [3.8, 4) is 0 Å². The molecular formula is C13H16N2O5. The van der Waals surface area contributed by atoms with Crippen molar-refractivity contribution in [1.29, 1.82) is 0 Å². The fourth-order valence-corrected chi connectivity index (χ4v) is 2.25. The summed E-state index contributed by atoms with van der Waals surface area (Å²) in [4.78, 5) is 21.3. The Kier molecular flexibility index (Phi) is 4.19. The lowest BCUT2D eigenvalue weighted by molar-refractivity contribution is -0.384. The average Bonchev–Trinajstić information content (AvgIpc) is 2.92. The highest BCUT2D eigenvalue weighted by Gasteiger charge is 2.25. The minimum Gasteiger partial charge on any atom is -0.478 e. The second kappa shape index (κ2) is 5.87. The molecule has 20 heavy (non-hydrogen) atoms. The van der Waals surface area contributed by atoms with Gasteiger partial charge in [0.2, 0.25) is 0 Å². The third-order valence-electron chi connectivity index (χ3n) is 3.50. The van der Waals surface area contributed by atoms with Gasteiger partial charge in [-0.05, 0) is 25.5 Å². The fourth-order valence-electron chi connectivity index (χ4n) is 2.25. The monoisotopic (exact) mass is 280 g/mol. The van der Waals surface area contributed by atoms with Crippen molar-refractivity contribution in [1.82, 2.24) is 0 Å². The first-order valence-electron chi connectivity index (χ1n) is 6.35. The van der Waals surface area contributed by atoms with Gasteiger partial charge in [-0.1, -0.05) is 0 Å². The van der Waals surface area contributed by atoms with E-state index in [9.17, 15) is 14.9 Å². The van der Waals surface area contributed by atoms with Crippen LogP contribution in [0.4, 0.5) is 11.4 Å². The molecule has 0 bridgehead atoms. The van der Waals surface area contributed by atoms with Crippen molar-refractivity contribution in [2.45, 2.75) is 19.4 Å². The maximum atomic E-state index is 11.0. The van der Waals surface area contributed by atoms with Crippen LogP contribution in [0.3, 0.4) is 0 Å². The highest BCUT2D eigenvalue weighted by molar-refractivity contribution is 5.89. The predicted molar refractivity (Wildman–Crippen MR) is 72.1 cm³/mol. The Bertz CT molecular complexity index is 525. The summed E-state index contributed by atoms with van der Waals surface area (Å²) in [6.07, 6.45) is 0.912. The van der Waals surface area contributed by atoms with Gasteiger partial charge in [-0.25, -0.2) is 4.79 Å². The summed E-state index contributed by atoms with van der Waals surface area (Å²) in [5.74, 6) is -0.884. The van der Waals surface area contributed by atoms with Gasteiger partial charge in [0, 0.05) is 24.6 Å². The zero-order chi connectivity index (χ0) is 14.7. The molecule has 0 spiro atoms. The summed E-state index contributed by atoms with van der Waals surface area (Å²) < 4.78 is 5.29. The van der Waals surface area contributed by atoms with Gasteiger partial charge in [0.15, 0.2) is 0 Å². The zero-order valence-corrected chi connectivity index (χ0v) is 11.0. The van der Waals surface area contributed by atoms with Gasteiger partial charge in [-0.15, -0.1) is 0 Å². The molecule has 2 N–H and O–H groups in total. The van der Waals surface area contributed by atoms with E-state index in [-0.39, 0.29) is 17.3 Å². The quantitative estimate of drug-likeness (QED) is 0.632. The van der Waals surface area contributed by atoms with Crippen LogP contribution in [0, 0.1) is 16.0 Å². The Balaban J connectivity index is 2.21. The Hall–Kier alpha value is -2.15. The molecule has 0 saturated carbocycles. The zero-order valence-electron chi connectivity index (χ0n) is 11.0. The van der Waals surface area contributed by atoms with E-state index in [0.29, 0.717) is 24.8 Å². The highest BCUT2D eigenvalue weighted by Crippen LogP contribution is 2.28. The summed E-state index contributed by atoms with van der Waals surface area (Å²) in [5, 5.41) is 23.0. The normalized spacial score (nSPS) is 19.6. The predicted octanol–water partition coefficient (Wildman–Crippen LogP) is 2.13.